The molecule has 0 spiro atoms. The van der Waals surface area contributed by atoms with Crippen LogP contribution >= 0.6 is 15.9 Å². The highest BCUT2D eigenvalue weighted by atomic mass is 79.9. The highest BCUT2D eigenvalue weighted by Gasteiger charge is 2.26. The number of Topliss-reactive ketones (excluding diaryl/α,β-unsaturated/α-hetero) is 1. The topological polar surface area (TPSA) is 59.3 Å². The van der Waals surface area contributed by atoms with E-state index in [0.717, 1.165) is 71.2 Å². The second-order valence-electron chi connectivity index (χ2n) is 10.4. The van der Waals surface area contributed by atoms with E-state index in [-0.39, 0.29) is 5.78 Å². The highest BCUT2D eigenvalue weighted by Crippen LogP contribution is 2.38. The fraction of sp³-hybridized carbons (Fsp3) is 0.281. The van der Waals surface area contributed by atoms with Crippen molar-refractivity contribution >= 4 is 44.0 Å². The van der Waals surface area contributed by atoms with Crippen LogP contribution in [0.4, 0.5) is 5.82 Å². The molecule has 192 valence electrons. The zero-order valence-electron chi connectivity index (χ0n) is 21.3. The van der Waals surface area contributed by atoms with Crippen molar-refractivity contribution in [3.05, 3.63) is 106 Å². The summed E-state index contributed by atoms with van der Waals surface area (Å²) in [6.07, 6.45) is 18.3. The molecule has 0 unspecified atom stereocenters. The number of rotatable bonds is 7. The van der Waals surface area contributed by atoms with Crippen molar-refractivity contribution in [2.45, 2.75) is 44.4 Å². The predicted molar refractivity (Wildman–Crippen MR) is 158 cm³/mol. The van der Waals surface area contributed by atoms with Gasteiger partial charge in [0.25, 0.3) is 0 Å². The van der Waals surface area contributed by atoms with Crippen molar-refractivity contribution in [2.24, 2.45) is 5.92 Å². The van der Waals surface area contributed by atoms with Gasteiger partial charge in [0.2, 0.25) is 0 Å². The maximum atomic E-state index is 13.1. The fourth-order valence-electron chi connectivity index (χ4n) is 5.64. The first-order valence-corrected chi connectivity index (χ1v) is 14.3. The molecular weight excluding hydrogens is 536 g/mol. The molecule has 1 N–H and O–H groups in total. The summed E-state index contributed by atoms with van der Waals surface area (Å²) in [5.41, 5.74) is 4.02. The van der Waals surface area contributed by atoms with E-state index in [1.165, 1.54) is 11.0 Å². The molecule has 0 atom stereocenters. The van der Waals surface area contributed by atoms with Gasteiger partial charge < -0.3 is 5.32 Å². The Morgan fingerprint density at radius 2 is 1.87 bits per heavy atom. The van der Waals surface area contributed by atoms with Gasteiger partial charge in [0.15, 0.2) is 11.4 Å². The number of carbonyl (C=O) groups is 1. The standard InChI is InChI=1S/C32H31BrN4O/c33-28-21-35-37-31(34-20-23-7-3-1-2-4-8-23)19-29(36-32(28)37)25-13-11-22(12-14-25)17-30(38)27-16-15-24-9-5-6-10-26(24)18-27/h1-3,5-10,15-16,18-19,21-22,25,34H,4,11-14,17,20H2. The molecule has 0 radical (unpaired) electrons. The Kier molecular flexibility index (Phi) is 7.23. The number of anilines is 1. The van der Waals surface area contributed by atoms with E-state index in [0.29, 0.717) is 18.3 Å². The van der Waals surface area contributed by atoms with Crippen molar-refractivity contribution in [3.8, 4) is 0 Å². The third kappa shape index (κ3) is 5.37. The molecule has 0 aliphatic heterocycles. The van der Waals surface area contributed by atoms with Crippen LogP contribution in [-0.2, 0) is 0 Å². The lowest BCUT2D eigenvalue weighted by molar-refractivity contribution is 0.0948. The number of allylic oxidation sites excluding steroid dienone is 4. The Balaban J connectivity index is 1.13. The molecule has 5 nitrogen and oxygen atoms in total. The number of nitrogens with zero attached hydrogens (tertiary/aromatic N) is 3. The zero-order valence-corrected chi connectivity index (χ0v) is 22.9. The van der Waals surface area contributed by atoms with Gasteiger partial charge in [-0.3, -0.25) is 4.79 Å². The molecule has 2 aliphatic rings. The SMILES string of the molecule is O=C(CC1CCC(c2cc(NCC3=CCC=CC=C3)n3ncc(Br)c3n2)CC1)c1ccc2ccccc2c1. The molecule has 1 fully saturated rings. The number of halogens is 1. The average Bonchev–Trinajstić information content (AvgIpc) is 3.14. The number of nitrogens with one attached hydrogen (secondary N) is 1. The van der Waals surface area contributed by atoms with E-state index in [2.05, 4.69) is 81.0 Å². The lowest BCUT2D eigenvalue weighted by atomic mass is 9.78. The van der Waals surface area contributed by atoms with Crippen LogP contribution in [0.1, 0.15) is 60.5 Å². The van der Waals surface area contributed by atoms with Crippen LogP contribution in [0, 0.1) is 5.92 Å². The van der Waals surface area contributed by atoms with Gasteiger partial charge in [-0.15, -0.1) is 0 Å². The normalized spacial score (nSPS) is 19.4. The maximum Gasteiger partial charge on any atom is 0.171 e. The molecule has 2 aliphatic carbocycles. The van der Waals surface area contributed by atoms with Crippen LogP contribution in [-0.4, -0.2) is 26.9 Å². The van der Waals surface area contributed by atoms with E-state index < -0.39 is 0 Å². The van der Waals surface area contributed by atoms with Crippen LogP contribution < -0.4 is 5.32 Å². The number of hydrogen-bond acceptors (Lipinski definition) is 4. The van der Waals surface area contributed by atoms with E-state index >= 15 is 0 Å². The summed E-state index contributed by atoms with van der Waals surface area (Å²) in [5.74, 6) is 2.02. The summed E-state index contributed by atoms with van der Waals surface area (Å²) in [5, 5.41) is 10.4. The lowest BCUT2D eigenvalue weighted by Crippen LogP contribution is -2.18. The Bertz CT molecular complexity index is 1570. The average molecular weight is 568 g/mol. The smallest absolute Gasteiger partial charge is 0.171 e. The summed E-state index contributed by atoms with van der Waals surface area (Å²) in [6.45, 7) is 0.734. The molecular formula is C32H31BrN4O. The summed E-state index contributed by atoms with van der Waals surface area (Å²) in [7, 11) is 0. The van der Waals surface area contributed by atoms with Crippen molar-refractivity contribution in [3.63, 3.8) is 0 Å². The van der Waals surface area contributed by atoms with Crippen LogP contribution in [0.5, 0.6) is 0 Å². The molecule has 0 bridgehead atoms. The van der Waals surface area contributed by atoms with Crippen molar-refractivity contribution in [1.29, 1.82) is 0 Å². The largest absolute Gasteiger partial charge is 0.366 e. The summed E-state index contributed by atoms with van der Waals surface area (Å²) in [4.78, 5) is 18.1. The van der Waals surface area contributed by atoms with Gasteiger partial charge in [0, 0.05) is 36.2 Å². The Morgan fingerprint density at radius 3 is 2.74 bits per heavy atom. The van der Waals surface area contributed by atoms with Gasteiger partial charge in [-0.25, -0.2) is 4.98 Å². The van der Waals surface area contributed by atoms with Crippen molar-refractivity contribution in [2.75, 3.05) is 11.9 Å². The first-order valence-electron chi connectivity index (χ1n) is 13.5. The van der Waals surface area contributed by atoms with Gasteiger partial charge in [-0.05, 0) is 76.4 Å². The number of hydrogen-bond donors (Lipinski definition) is 1. The van der Waals surface area contributed by atoms with Crippen molar-refractivity contribution in [1.82, 2.24) is 14.6 Å². The lowest BCUT2D eigenvalue weighted by Gasteiger charge is -2.28. The fourth-order valence-corrected chi connectivity index (χ4v) is 5.99. The zero-order chi connectivity index (χ0) is 25.9. The first-order chi connectivity index (χ1) is 18.6. The predicted octanol–water partition coefficient (Wildman–Crippen LogP) is 8.05. The molecule has 38 heavy (non-hydrogen) atoms. The molecule has 2 aromatic heterocycles. The van der Waals surface area contributed by atoms with E-state index in [9.17, 15) is 4.79 Å². The van der Waals surface area contributed by atoms with E-state index in [1.807, 2.05) is 28.8 Å². The summed E-state index contributed by atoms with van der Waals surface area (Å²) in [6, 6.07) is 16.5. The van der Waals surface area contributed by atoms with E-state index in [1.54, 1.807) is 6.20 Å². The van der Waals surface area contributed by atoms with Crippen LogP contribution in [0.25, 0.3) is 16.4 Å². The maximum absolute atomic E-state index is 13.1. The summed E-state index contributed by atoms with van der Waals surface area (Å²) >= 11 is 3.63. The van der Waals surface area contributed by atoms with Crippen LogP contribution in [0.3, 0.4) is 0 Å². The Labute approximate surface area is 231 Å². The third-order valence-corrected chi connectivity index (χ3v) is 8.37. The highest BCUT2D eigenvalue weighted by molar-refractivity contribution is 9.10. The molecule has 2 aromatic carbocycles. The quantitative estimate of drug-likeness (QED) is 0.230. The van der Waals surface area contributed by atoms with Gasteiger partial charge in [0.1, 0.15) is 5.82 Å². The molecule has 6 heteroatoms. The minimum atomic E-state index is 0.255. The number of fused-ring (bicyclic) bond motifs is 2. The van der Waals surface area contributed by atoms with Gasteiger partial charge in [-0.2, -0.15) is 9.61 Å². The molecule has 0 amide bonds. The Hall–Kier alpha value is -3.51. The first kappa shape index (κ1) is 24.8. The van der Waals surface area contributed by atoms with E-state index in [4.69, 9.17) is 4.98 Å². The molecule has 4 aromatic rings. The number of aromatic nitrogens is 3. The van der Waals surface area contributed by atoms with Gasteiger partial charge >= 0.3 is 0 Å². The van der Waals surface area contributed by atoms with Gasteiger partial charge in [0.05, 0.1) is 10.7 Å². The monoisotopic (exact) mass is 566 g/mol. The second kappa shape index (κ2) is 11.1. The third-order valence-electron chi connectivity index (χ3n) is 7.81. The van der Waals surface area contributed by atoms with Crippen LogP contribution in [0.15, 0.2) is 95.2 Å². The van der Waals surface area contributed by atoms with Gasteiger partial charge in [-0.1, -0.05) is 66.8 Å². The molecule has 0 saturated heterocycles. The molecule has 1 saturated carbocycles. The van der Waals surface area contributed by atoms with Crippen LogP contribution in [0.2, 0.25) is 0 Å². The number of benzene rings is 2. The number of ketones is 1. The van der Waals surface area contributed by atoms with Crippen molar-refractivity contribution < 1.29 is 4.79 Å². The minimum absolute atomic E-state index is 0.255. The second-order valence-corrected chi connectivity index (χ2v) is 11.2. The number of carbonyl (C=O) groups excluding carboxylic acids is 1. The molecule has 6 rings (SSSR count). The summed E-state index contributed by atoms with van der Waals surface area (Å²) < 4.78 is 2.77. The Morgan fingerprint density at radius 1 is 1.03 bits per heavy atom. The minimum Gasteiger partial charge on any atom is -0.366 e. The molecule has 2 heterocycles.